The largest absolute Gasteiger partial charge is 0.370 e. The summed E-state index contributed by atoms with van der Waals surface area (Å²) in [4.78, 5) is 4.51. The van der Waals surface area contributed by atoms with Gasteiger partial charge in [-0.3, -0.25) is 0 Å². The lowest BCUT2D eigenvalue weighted by atomic mass is 10.2. The van der Waals surface area contributed by atoms with E-state index in [0.717, 1.165) is 24.7 Å². The van der Waals surface area contributed by atoms with Gasteiger partial charge in [0.05, 0.1) is 6.04 Å². The third-order valence-electron chi connectivity index (χ3n) is 3.47. The molecule has 2 atom stereocenters. The molecule has 17 heavy (non-hydrogen) atoms. The molecule has 1 N–H and O–H groups in total. The molecule has 2 unspecified atom stereocenters. The normalized spacial score (nSPS) is 26.3. The number of ether oxygens (including phenoxy) is 1. The van der Waals surface area contributed by atoms with Crippen LogP contribution in [0.4, 0.5) is 0 Å². The van der Waals surface area contributed by atoms with Crippen LogP contribution in [0.1, 0.15) is 56.5 Å². The summed E-state index contributed by atoms with van der Waals surface area (Å²) in [5, 5.41) is 7.45. The molecule has 0 spiro atoms. The second-order valence-electron chi connectivity index (χ2n) is 4.85. The van der Waals surface area contributed by atoms with Gasteiger partial charge in [0, 0.05) is 6.61 Å². The van der Waals surface area contributed by atoms with E-state index in [4.69, 9.17) is 9.26 Å². The molecule has 1 aromatic rings. The molecule has 3 rings (SSSR count). The summed E-state index contributed by atoms with van der Waals surface area (Å²) in [6.45, 7) is 3.75. The first kappa shape index (κ1) is 11.2. The molecule has 1 aliphatic carbocycles. The average molecular weight is 237 g/mol. The first-order valence-corrected chi connectivity index (χ1v) is 6.57. The highest BCUT2D eigenvalue weighted by Crippen LogP contribution is 2.42. The summed E-state index contributed by atoms with van der Waals surface area (Å²) in [7, 11) is 0. The van der Waals surface area contributed by atoms with Gasteiger partial charge in [0.1, 0.15) is 6.10 Å². The Morgan fingerprint density at radius 3 is 3.00 bits per heavy atom. The Hall–Kier alpha value is -0.940. The SMILES string of the molecule is CCOC(c1noc(C2CCCN2)n1)C1CC1. The van der Waals surface area contributed by atoms with Gasteiger partial charge in [0.25, 0.3) is 0 Å². The zero-order chi connectivity index (χ0) is 11.7. The third kappa shape index (κ3) is 2.35. The van der Waals surface area contributed by atoms with Crippen molar-refractivity contribution in [1.29, 1.82) is 0 Å². The Labute approximate surface area is 101 Å². The van der Waals surface area contributed by atoms with E-state index in [1.54, 1.807) is 0 Å². The van der Waals surface area contributed by atoms with E-state index in [-0.39, 0.29) is 12.1 Å². The molecule has 1 saturated carbocycles. The van der Waals surface area contributed by atoms with Gasteiger partial charge >= 0.3 is 0 Å². The maximum absolute atomic E-state index is 5.72. The standard InChI is InChI=1S/C12H19N3O2/c1-2-16-10(8-5-6-8)11-14-12(17-15-11)9-4-3-7-13-9/h8-10,13H,2-7H2,1H3. The van der Waals surface area contributed by atoms with Crippen LogP contribution in [0.5, 0.6) is 0 Å². The smallest absolute Gasteiger partial charge is 0.243 e. The van der Waals surface area contributed by atoms with Crippen molar-refractivity contribution >= 4 is 0 Å². The highest BCUT2D eigenvalue weighted by atomic mass is 16.5. The van der Waals surface area contributed by atoms with Crippen LogP contribution in [0.3, 0.4) is 0 Å². The molecule has 0 radical (unpaired) electrons. The second kappa shape index (κ2) is 4.74. The summed E-state index contributed by atoms with van der Waals surface area (Å²) < 4.78 is 11.1. The van der Waals surface area contributed by atoms with Gasteiger partial charge < -0.3 is 14.6 Å². The monoisotopic (exact) mass is 237 g/mol. The van der Waals surface area contributed by atoms with Gasteiger partial charge in [0.2, 0.25) is 11.7 Å². The van der Waals surface area contributed by atoms with E-state index in [2.05, 4.69) is 15.5 Å². The zero-order valence-electron chi connectivity index (χ0n) is 10.2. The zero-order valence-corrected chi connectivity index (χ0v) is 10.2. The van der Waals surface area contributed by atoms with E-state index < -0.39 is 0 Å². The fourth-order valence-corrected chi connectivity index (χ4v) is 2.40. The number of hydrogen-bond acceptors (Lipinski definition) is 5. The summed E-state index contributed by atoms with van der Waals surface area (Å²) in [5.74, 6) is 2.05. The van der Waals surface area contributed by atoms with Gasteiger partial charge in [-0.05, 0) is 45.1 Å². The lowest BCUT2D eigenvalue weighted by molar-refractivity contribution is 0.0384. The first-order chi connectivity index (χ1) is 8.38. The fourth-order valence-electron chi connectivity index (χ4n) is 2.40. The molecule has 2 heterocycles. The lowest BCUT2D eigenvalue weighted by Crippen LogP contribution is -2.14. The quantitative estimate of drug-likeness (QED) is 0.848. The Morgan fingerprint density at radius 1 is 1.47 bits per heavy atom. The van der Waals surface area contributed by atoms with Crippen LogP contribution in [0.15, 0.2) is 4.52 Å². The maximum Gasteiger partial charge on any atom is 0.243 e. The topological polar surface area (TPSA) is 60.2 Å². The van der Waals surface area contributed by atoms with Gasteiger partial charge in [-0.25, -0.2) is 0 Å². The van der Waals surface area contributed by atoms with Crippen LogP contribution < -0.4 is 5.32 Å². The molecule has 0 aromatic carbocycles. The Kier molecular flexibility index (Phi) is 3.11. The van der Waals surface area contributed by atoms with E-state index in [9.17, 15) is 0 Å². The van der Waals surface area contributed by atoms with Crippen molar-refractivity contribution in [3.8, 4) is 0 Å². The third-order valence-corrected chi connectivity index (χ3v) is 3.47. The predicted molar refractivity (Wildman–Crippen MR) is 61.4 cm³/mol. The van der Waals surface area contributed by atoms with Crippen molar-refractivity contribution in [2.24, 2.45) is 5.92 Å². The van der Waals surface area contributed by atoms with E-state index in [1.807, 2.05) is 6.92 Å². The molecule has 5 heteroatoms. The van der Waals surface area contributed by atoms with E-state index in [0.29, 0.717) is 12.5 Å². The summed E-state index contributed by atoms with van der Waals surface area (Å²) in [6.07, 6.45) is 4.75. The van der Waals surface area contributed by atoms with Gasteiger partial charge in [-0.1, -0.05) is 5.16 Å². The van der Waals surface area contributed by atoms with Gasteiger partial charge in [0.15, 0.2) is 0 Å². The van der Waals surface area contributed by atoms with Crippen LogP contribution in [-0.4, -0.2) is 23.3 Å². The summed E-state index contributed by atoms with van der Waals surface area (Å²) in [5.41, 5.74) is 0. The molecule has 94 valence electrons. The van der Waals surface area contributed by atoms with E-state index in [1.165, 1.54) is 19.3 Å². The number of nitrogens with one attached hydrogen (secondary N) is 1. The van der Waals surface area contributed by atoms with Crippen molar-refractivity contribution in [3.05, 3.63) is 11.7 Å². The molecule has 5 nitrogen and oxygen atoms in total. The molecule has 0 bridgehead atoms. The van der Waals surface area contributed by atoms with Gasteiger partial charge in [-0.15, -0.1) is 0 Å². The molecule has 0 amide bonds. The minimum absolute atomic E-state index is 0.0407. The maximum atomic E-state index is 5.72. The van der Waals surface area contributed by atoms with Gasteiger partial charge in [-0.2, -0.15) is 4.98 Å². The molecule has 1 saturated heterocycles. The highest BCUT2D eigenvalue weighted by Gasteiger charge is 2.36. The summed E-state index contributed by atoms with van der Waals surface area (Å²) in [6, 6.07) is 0.248. The molecule has 1 aromatic heterocycles. The minimum Gasteiger partial charge on any atom is -0.370 e. The molecule has 1 aliphatic heterocycles. The average Bonchev–Trinajstić information content (AvgIpc) is 2.84. The molecule has 2 aliphatic rings. The van der Waals surface area contributed by atoms with E-state index >= 15 is 0 Å². The van der Waals surface area contributed by atoms with Crippen LogP contribution >= 0.6 is 0 Å². The van der Waals surface area contributed by atoms with Crippen molar-refractivity contribution in [3.63, 3.8) is 0 Å². The number of rotatable bonds is 5. The van der Waals surface area contributed by atoms with Crippen molar-refractivity contribution in [2.45, 2.75) is 44.8 Å². The van der Waals surface area contributed by atoms with Crippen molar-refractivity contribution in [1.82, 2.24) is 15.5 Å². The Morgan fingerprint density at radius 2 is 2.35 bits per heavy atom. The molecular weight excluding hydrogens is 218 g/mol. The second-order valence-corrected chi connectivity index (χ2v) is 4.85. The molecular formula is C12H19N3O2. The number of hydrogen-bond donors (Lipinski definition) is 1. The number of aromatic nitrogens is 2. The number of nitrogens with zero attached hydrogens (tertiary/aromatic N) is 2. The Bertz CT molecular complexity index is 370. The van der Waals surface area contributed by atoms with Crippen LogP contribution in [0.25, 0.3) is 0 Å². The lowest BCUT2D eigenvalue weighted by Gasteiger charge is -2.11. The van der Waals surface area contributed by atoms with Crippen LogP contribution in [0, 0.1) is 5.92 Å². The summed E-state index contributed by atoms with van der Waals surface area (Å²) >= 11 is 0. The minimum atomic E-state index is 0.0407. The predicted octanol–water partition coefficient (Wildman–Crippen LogP) is 1.98. The molecule has 2 fully saturated rings. The van der Waals surface area contributed by atoms with Crippen LogP contribution in [-0.2, 0) is 4.74 Å². The fraction of sp³-hybridized carbons (Fsp3) is 0.833. The Balaban J connectivity index is 1.73. The van der Waals surface area contributed by atoms with Crippen molar-refractivity contribution < 1.29 is 9.26 Å². The van der Waals surface area contributed by atoms with Crippen LogP contribution in [0.2, 0.25) is 0 Å². The highest BCUT2D eigenvalue weighted by molar-refractivity contribution is 5.01. The van der Waals surface area contributed by atoms with Crippen molar-refractivity contribution in [2.75, 3.05) is 13.2 Å². The first-order valence-electron chi connectivity index (χ1n) is 6.57.